The molecule has 6 rings (SSSR count). The molecule has 4 nitrogen and oxygen atoms in total. The van der Waals surface area contributed by atoms with Crippen LogP contribution >= 0.6 is 11.3 Å². The van der Waals surface area contributed by atoms with E-state index in [1.54, 1.807) is 11.3 Å². The summed E-state index contributed by atoms with van der Waals surface area (Å²) in [5, 5.41) is 4.34. The molecule has 0 aliphatic carbocycles. The zero-order valence-corrected chi connectivity index (χ0v) is 19.4. The van der Waals surface area contributed by atoms with Crippen LogP contribution in [0.2, 0.25) is 0 Å². The zero-order valence-electron chi connectivity index (χ0n) is 18.6. The Balaban J connectivity index is 1.41. The van der Waals surface area contributed by atoms with Crippen molar-refractivity contribution in [3.63, 3.8) is 0 Å². The minimum absolute atomic E-state index is 0.0408. The van der Waals surface area contributed by atoms with E-state index in [0.717, 1.165) is 53.3 Å². The summed E-state index contributed by atoms with van der Waals surface area (Å²) in [6.07, 6.45) is 5.58. The number of carbonyl (C=O) groups excluding carboxylic acids is 1. The predicted molar refractivity (Wildman–Crippen MR) is 135 cm³/mol. The molecule has 0 radical (unpaired) electrons. The molecule has 0 N–H and O–H groups in total. The largest absolute Gasteiger partial charge is 0.347 e. The molecular formula is C28H25N3OS. The summed E-state index contributed by atoms with van der Waals surface area (Å²) in [5.74, 6) is 0.130. The molecule has 33 heavy (non-hydrogen) atoms. The van der Waals surface area contributed by atoms with E-state index >= 15 is 0 Å². The number of pyridine rings is 1. The molecule has 0 spiro atoms. The summed E-state index contributed by atoms with van der Waals surface area (Å²) in [5.41, 5.74) is 5.54. The van der Waals surface area contributed by atoms with Gasteiger partial charge >= 0.3 is 0 Å². The molecule has 1 aliphatic heterocycles. The predicted octanol–water partition coefficient (Wildman–Crippen LogP) is 6.25. The van der Waals surface area contributed by atoms with Gasteiger partial charge in [-0.3, -0.25) is 9.78 Å². The van der Waals surface area contributed by atoms with Crippen molar-refractivity contribution in [3.8, 4) is 0 Å². The van der Waals surface area contributed by atoms with Crippen LogP contribution in [0.3, 0.4) is 0 Å². The number of thiophene rings is 1. The fourth-order valence-corrected chi connectivity index (χ4v) is 6.21. The van der Waals surface area contributed by atoms with Gasteiger partial charge in [0.1, 0.15) is 0 Å². The van der Waals surface area contributed by atoms with Crippen LogP contribution in [0.25, 0.3) is 21.8 Å². The molecule has 1 aliphatic rings. The van der Waals surface area contributed by atoms with Crippen molar-refractivity contribution in [2.45, 2.75) is 32.4 Å². The van der Waals surface area contributed by atoms with Crippen LogP contribution in [0.5, 0.6) is 0 Å². The fraction of sp³-hybridized carbons (Fsp3) is 0.214. The van der Waals surface area contributed by atoms with Crippen molar-refractivity contribution in [1.82, 2.24) is 14.5 Å². The summed E-state index contributed by atoms with van der Waals surface area (Å²) in [7, 11) is 0. The molecule has 164 valence electrons. The molecule has 0 saturated carbocycles. The second-order valence-corrected chi connectivity index (χ2v) is 9.60. The first kappa shape index (κ1) is 20.2. The van der Waals surface area contributed by atoms with Crippen LogP contribution in [0.15, 0.2) is 78.4 Å². The minimum Gasteiger partial charge on any atom is -0.347 e. The minimum atomic E-state index is 0.0408. The Morgan fingerprint density at radius 3 is 2.94 bits per heavy atom. The normalized spacial score (nSPS) is 15.8. The van der Waals surface area contributed by atoms with Crippen molar-refractivity contribution >= 4 is 39.0 Å². The van der Waals surface area contributed by atoms with Crippen LogP contribution in [0, 0.1) is 0 Å². The maximum absolute atomic E-state index is 14.0. The number of aryl methyl sites for hydroxylation is 1. The van der Waals surface area contributed by atoms with Crippen LogP contribution in [0.4, 0.5) is 0 Å². The van der Waals surface area contributed by atoms with Crippen LogP contribution in [-0.4, -0.2) is 26.9 Å². The Morgan fingerprint density at radius 1 is 1.12 bits per heavy atom. The maximum atomic E-state index is 14.0. The Bertz CT molecular complexity index is 1480. The van der Waals surface area contributed by atoms with Crippen molar-refractivity contribution in [3.05, 3.63) is 100 Å². The highest BCUT2D eigenvalue weighted by atomic mass is 32.1. The monoisotopic (exact) mass is 451 g/mol. The van der Waals surface area contributed by atoms with Crippen molar-refractivity contribution in [1.29, 1.82) is 0 Å². The van der Waals surface area contributed by atoms with Gasteiger partial charge in [-0.05, 0) is 66.6 Å². The molecule has 2 aromatic carbocycles. The highest BCUT2D eigenvalue weighted by Gasteiger charge is 2.33. The number of hydrogen-bond donors (Lipinski definition) is 0. The molecule has 4 heterocycles. The Morgan fingerprint density at radius 2 is 2.03 bits per heavy atom. The number of carbonyl (C=O) groups is 1. The molecule has 1 amide bonds. The van der Waals surface area contributed by atoms with E-state index in [2.05, 4.69) is 69.2 Å². The lowest BCUT2D eigenvalue weighted by molar-refractivity contribution is 0.0666. The first-order chi connectivity index (χ1) is 16.2. The number of hydrogen-bond acceptors (Lipinski definition) is 3. The summed E-state index contributed by atoms with van der Waals surface area (Å²) < 4.78 is 2.18. The van der Waals surface area contributed by atoms with E-state index < -0.39 is 0 Å². The maximum Gasteiger partial charge on any atom is 0.256 e. The number of rotatable bonds is 4. The Hall–Kier alpha value is -3.44. The number of benzene rings is 2. The van der Waals surface area contributed by atoms with Gasteiger partial charge < -0.3 is 9.47 Å². The number of para-hydroxylation sites is 1. The van der Waals surface area contributed by atoms with Gasteiger partial charge in [-0.15, -0.1) is 11.3 Å². The number of aromatic nitrogens is 2. The molecule has 1 unspecified atom stereocenters. The van der Waals surface area contributed by atoms with Crippen LogP contribution in [0.1, 0.15) is 39.3 Å². The third-order valence-corrected chi connectivity index (χ3v) is 7.86. The molecule has 5 aromatic rings. The molecule has 0 saturated heterocycles. The van der Waals surface area contributed by atoms with Crippen LogP contribution < -0.4 is 0 Å². The smallest absolute Gasteiger partial charge is 0.256 e. The van der Waals surface area contributed by atoms with Gasteiger partial charge in [-0.1, -0.05) is 30.3 Å². The Labute approximate surface area is 197 Å². The topological polar surface area (TPSA) is 38.1 Å². The second-order valence-electron chi connectivity index (χ2n) is 8.65. The van der Waals surface area contributed by atoms with Crippen molar-refractivity contribution in [2.75, 3.05) is 6.54 Å². The molecule has 1 atom stereocenters. The first-order valence-electron chi connectivity index (χ1n) is 11.5. The average molecular weight is 452 g/mol. The molecule has 5 heteroatoms. The lowest BCUT2D eigenvalue weighted by Crippen LogP contribution is -2.40. The third kappa shape index (κ3) is 3.44. The van der Waals surface area contributed by atoms with Gasteiger partial charge in [0.25, 0.3) is 5.91 Å². The van der Waals surface area contributed by atoms with E-state index in [1.165, 1.54) is 16.0 Å². The molecule has 0 fully saturated rings. The van der Waals surface area contributed by atoms with Gasteiger partial charge in [0.05, 0.1) is 17.1 Å². The second kappa shape index (κ2) is 8.16. The van der Waals surface area contributed by atoms with Crippen LogP contribution in [-0.2, 0) is 19.4 Å². The number of fused-ring (bicyclic) bond motifs is 3. The lowest BCUT2D eigenvalue weighted by Gasteiger charge is -2.36. The highest BCUT2D eigenvalue weighted by Crippen LogP contribution is 2.38. The van der Waals surface area contributed by atoms with E-state index in [9.17, 15) is 4.79 Å². The lowest BCUT2D eigenvalue weighted by atomic mass is 9.94. The van der Waals surface area contributed by atoms with E-state index in [4.69, 9.17) is 0 Å². The summed E-state index contributed by atoms with van der Waals surface area (Å²) >= 11 is 1.77. The fourth-order valence-electron chi connectivity index (χ4n) is 5.14. The standard InChI is InChI=1S/C28H25N3OS/c1-2-30-18-23(22-7-3-4-8-25(22)30)28(32)31-14-11-20-12-15-33-27(20)26(31)17-19-9-10-24-21(16-19)6-5-13-29-24/h3-10,12-13,15-16,18,26H,2,11,14,17H2,1H3. The summed E-state index contributed by atoms with van der Waals surface area (Å²) in [6.45, 7) is 3.71. The van der Waals surface area contributed by atoms with Gasteiger partial charge in [-0.25, -0.2) is 0 Å². The molecule has 3 aromatic heterocycles. The molecule has 0 bridgehead atoms. The van der Waals surface area contributed by atoms with Gasteiger partial charge in [-0.2, -0.15) is 0 Å². The van der Waals surface area contributed by atoms with E-state index in [-0.39, 0.29) is 11.9 Å². The average Bonchev–Trinajstić information content (AvgIpc) is 3.49. The summed E-state index contributed by atoms with van der Waals surface area (Å²) in [6, 6.07) is 21.0. The quantitative estimate of drug-likeness (QED) is 0.324. The van der Waals surface area contributed by atoms with Crippen molar-refractivity contribution in [2.24, 2.45) is 0 Å². The SMILES string of the molecule is CCn1cc(C(=O)N2CCc3ccsc3C2Cc2ccc3ncccc3c2)c2ccccc21. The summed E-state index contributed by atoms with van der Waals surface area (Å²) in [4.78, 5) is 21.9. The van der Waals surface area contributed by atoms with Gasteiger partial charge in [0.2, 0.25) is 0 Å². The first-order valence-corrected chi connectivity index (χ1v) is 12.4. The zero-order chi connectivity index (χ0) is 22.4. The number of amides is 1. The highest BCUT2D eigenvalue weighted by molar-refractivity contribution is 7.10. The number of nitrogens with zero attached hydrogens (tertiary/aromatic N) is 3. The third-order valence-electron chi connectivity index (χ3n) is 6.80. The Kier molecular flexibility index (Phi) is 4.99. The van der Waals surface area contributed by atoms with Crippen molar-refractivity contribution < 1.29 is 4.79 Å². The van der Waals surface area contributed by atoms with E-state index in [1.807, 2.05) is 30.6 Å². The van der Waals surface area contributed by atoms with E-state index in [0.29, 0.717) is 0 Å². The molecular weight excluding hydrogens is 426 g/mol. The van der Waals surface area contributed by atoms with Gasteiger partial charge in [0, 0.05) is 46.6 Å². The van der Waals surface area contributed by atoms with Gasteiger partial charge in [0.15, 0.2) is 0 Å².